The summed E-state index contributed by atoms with van der Waals surface area (Å²) in [5.74, 6) is -3.20. The lowest BCUT2D eigenvalue weighted by molar-refractivity contribution is -0.301. The van der Waals surface area contributed by atoms with Gasteiger partial charge in [0.1, 0.15) is 18.8 Å². The van der Waals surface area contributed by atoms with E-state index in [0.29, 0.717) is 25.7 Å². The van der Waals surface area contributed by atoms with Gasteiger partial charge in [-0.25, -0.2) is 4.79 Å². The number of allylic oxidation sites excluding steroid dienone is 12. The van der Waals surface area contributed by atoms with Gasteiger partial charge in [-0.1, -0.05) is 222 Å². The molecule has 1 aliphatic rings. The van der Waals surface area contributed by atoms with Gasteiger partial charge in [-0.15, -0.1) is 0 Å². The van der Waals surface area contributed by atoms with E-state index in [1.807, 2.05) is 6.08 Å². The Balaban J connectivity index is 2.73. The van der Waals surface area contributed by atoms with E-state index in [9.17, 15) is 34.5 Å². The molecule has 1 rings (SSSR count). The third-order valence-corrected chi connectivity index (χ3v) is 13.3. The lowest BCUT2D eigenvalue weighted by atomic mass is 9.98. The van der Waals surface area contributed by atoms with E-state index in [4.69, 9.17) is 23.7 Å². The Labute approximate surface area is 455 Å². The first kappa shape index (κ1) is 69.2. The summed E-state index contributed by atoms with van der Waals surface area (Å²) < 4.78 is 28.4. The highest BCUT2D eigenvalue weighted by Gasteiger charge is 2.50. The fourth-order valence-electron chi connectivity index (χ4n) is 8.69. The minimum atomic E-state index is -1.91. The van der Waals surface area contributed by atoms with E-state index >= 15 is 0 Å². The second-order valence-electron chi connectivity index (χ2n) is 20.3. The van der Waals surface area contributed by atoms with Gasteiger partial charge in [0.05, 0.1) is 6.61 Å². The highest BCUT2D eigenvalue weighted by atomic mass is 16.7. The topological polar surface area (TPSA) is 175 Å². The minimum Gasteiger partial charge on any atom is -0.479 e. The number of aliphatic hydroxyl groups excluding tert-OH is 2. The summed E-state index contributed by atoms with van der Waals surface area (Å²) in [5.41, 5.74) is 0. The van der Waals surface area contributed by atoms with Gasteiger partial charge in [-0.3, -0.25) is 14.4 Å². The van der Waals surface area contributed by atoms with Crippen molar-refractivity contribution in [3.05, 3.63) is 72.9 Å². The molecule has 0 amide bonds. The van der Waals surface area contributed by atoms with Gasteiger partial charge in [-0.05, 0) is 83.5 Å². The molecule has 12 nitrogen and oxygen atoms in total. The van der Waals surface area contributed by atoms with E-state index in [1.54, 1.807) is 0 Å². The molecule has 0 bridgehead atoms. The number of hydrogen-bond donors (Lipinski definition) is 3. The maximum atomic E-state index is 13.1. The average Bonchev–Trinajstić information content (AvgIpc) is 3.39. The third kappa shape index (κ3) is 41.0. The van der Waals surface area contributed by atoms with Gasteiger partial charge >= 0.3 is 23.9 Å². The summed E-state index contributed by atoms with van der Waals surface area (Å²) in [6.07, 6.45) is 51.6. The molecule has 75 heavy (non-hydrogen) atoms. The predicted octanol–water partition coefficient (Wildman–Crippen LogP) is 15.3. The Morgan fingerprint density at radius 3 is 1.33 bits per heavy atom. The molecule has 1 aliphatic heterocycles. The van der Waals surface area contributed by atoms with Gasteiger partial charge in [0.25, 0.3) is 0 Å². The van der Waals surface area contributed by atoms with Crippen LogP contribution in [0.1, 0.15) is 252 Å². The van der Waals surface area contributed by atoms with Crippen molar-refractivity contribution in [2.75, 3.05) is 13.2 Å². The summed E-state index contributed by atoms with van der Waals surface area (Å²) in [6.45, 7) is 5.83. The van der Waals surface area contributed by atoms with Gasteiger partial charge in [-0.2, -0.15) is 0 Å². The molecule has 1 saturated heterocycles. The first-order valence-corrected chi connectivity index (χ1v) is 29.9. The van der Waals surface area contributed by atoms with Crippen LogP contribution in [0.15, 0.2) is 72.9 Å². The molecule has 6 atom stereocenters. The number of esters is 3. The molecule has 0 aromatic heterocycles. The lowest BCUT2D eigenvalue weighted by Gasteiger charge is -2.40. The zero-order valence-electron chi connectivity index (χ0n) is 47.3. The summed E-state index contributed by atoms with van der Waals surface area (Å²) in [4.78, 5) is 51.1. The smallest absolute Gasteiger partial charge is 0.335 e. The van der Waals surface area contributed by atoms with Crippen molar-refractivity contribution >= 4 is 23.9 Å². The summed E-state index contributed by atoms with van der Waals surface area (Å²) in [7, 11) is 0. The molecule has 430 valence electrons. The standard InChI is InChI=1S/C63H106O12/c1-4-7-10-13-16-19-22-25-27-28-30-32-34-37-40-43-46-49-55(64)71-52-54(73-56(65)50-47-44-41-38-35-31-24-21-18-15-12-9-6-3)53-72-63-61(59(68)58(67)60(75-63)62(69)70)74-57(66)51-48-45-42-39-36-33-29-26-23-20-17-14-11-8-5-2/h7,10,16,19,25-27,29-30,32,37,40,54,58-61,63,67-68H,4-6,8-9,11-15,17-18,20-24,28,31,33-36,38-39,41-53H2,1-3H3,(H,69,70)/b10-7-,19-16-,27-25-,29-26-,32-30-,40-37-. The predicted molar refractivity (Wildman–Crippen MR) is 303 cm³/mol. The highest BCUT2D eigenvalue weighted by Crippen LogP contribution is 2.26. The van der Waals surface area contributed by atoms with Crippen molar-refractivity contribution in [1.29, 1.82) is 0 Å². The first-order valence-electron chi connectivity index (χ1n) is 29.9. The van der Waals surface area contributed by atoms with E-state index in [2.05, 4.69) is 87.6 Å². The molecule has 12 heteroatoms. The van der Waals surface area contributed by atoms with E-state index in [1.165, 1.54) is 96.3 Å². The van der Waals surface area contributed by atoms with Crippen LogP contribution in [0.2, 0.25) is 0 Å². The first-order chi connectivity index (χ1) is 36.6. The Hall–Kier alpha value is -3.84. The van der Waals surface area contributed by atoms with Crippen molar-refractivity contribution in [1.82, 2.24) is 0 Å². The lowest BCUT2D eigenvalue weighted by Crippen LogP contribution is -2.61. The van der Waals surface area contributed by atoms with Gasteiger partial charge in [0.2, 0.25) is 0 Å². The maximum Gasteiger partial charge on any atom is 0.335 e. The molecule has 0 spiro atoms. The largest absolute Gasteiger partial charge is 0.479 e. The van der Waals surface area contributed by atoms with Crippen LogP contribution >= 0.6 is 0 Å². The number of ether oxygens (including phenoxy) is 5. The second-order valence-corrected chi connectivity index (χ2v) is 20.3. The van der Waals surface area contributed by atoms with E-state index < -0.39 is 67.3 Å². The Morgan fingerprint density at radius 1 is 0.453 bits per heavy atom. The molecule has 0 aliphatic carbocycles. The Kier molecular flexibility index (Phi) is 47.0. The second kappa shape index (κ2) is 50.9. The number of hydrogen-bond acceptors (Lipinski definition) is 11. The van der Waals surface area contributed by atoms with Crippen LogP contribution in [0.25, 0.3) is 0 Å². The third-order valence-electron chi connectivity index (χ3n) is 13.3. The van der Waals surface area contributed by atoms with E-state index in [0.717, 1.165) is 89.9 Å². The molecule has 0 aromatic carbocycles. The zero-order valence-corrected chi connectivity index (χ0v) is 47.3. The number of carboxylic acid groups (broad SMARTS) is 1. The number of carboxylic acids is 1. The number of carbonyl (C=O) groups is 4. The van der Waals surface area contributed by atoms with Crippen LogP contribution in [0, 0.1) is 0 Å². The van der Waals surface area contributed by atoms with E-state index in [-0.39, 0.29) is 25.9 Å². The van der Waals surface area contributed by atoms with Crippen molar-refractivity contribution in [2.24, 2.45) is 0 Å². The summed E-state index contributed by atoms with van der Waals surface area (Å²) >= 11 is 0. The van der Waals surface area contributed by atoms with Crippen LogP contribution in [0.4, 0.5) is 0 Å². The number of unbranched alkanes of at least 4 members (excludes halogenated alkanes) is 24. The maximum absolute atomic E-state index is 13.1. The highest BCUT2D eigenvalue weighted by molar-refractivity contribution is 5.74. The van der Waals surface area contributed by atoms with Crippen LogP contribution in [0.3, 0.4) is 0 Å². The van der Waals surface area contributed by atoms with Crippen molar-refractivity contribution < 1.29 is 58.2 Å². The van der Waals surface area contributed by atoms with Crippen LogP contribution < -0.4 is 0 Å². The summed E-state index contributed by atoms with van der Waals surface area (Å²) in [6, 6.07) is 0. The molecule has 6 unspecified atom stereocenters. The fraction of sp³-hybridized carbons (Fsp3) is 0.746. The molecule has 0 radical (unpaired) electrons. The molecular formula is C63H106O12. The van der Waals surface area contributed by atoms with Gasteiger partial charge < -0.3 is 39.0 Å². The molecule has 3 N–H and O–H groups in total. The molecule has 1 heterocycles. The number of rotatable bonds is 50. The van der Waals surface area contributed by atoms with Crippen LogP contribution in [-0.4, -0.2) is 89.2 Å². The number of aliphatic hydroxyl groups is 2. The minimum absolute atomic E-state index is 0.0447. The zero-order chi connectivity index (χ0) is 54.7. The van der Waals surface area contributed by atoms with Crippen LogP contribution in [-0.2, 0) is 42.9 Å². The molecular weight excluding hydrogens is 949 g/mol. The van der Waals surface area contributed by atoms with Crippen molar-refractivity contribution in [2.45, 2.75) is 289 Å². The van der Waals surface area contributed by atoms with Crippen LogP contribution in [0.5, 0.6) is 0 Å². The Bertz CT molecular complexity index is 1580. The van der Waals surface area contributed by atoms with Crippen molar-refractivity contribution in [3.63, 3.8) is 0 Å². The van der Waals surface area contributed by atoms with Gasteiger partial charge in [0, 0.05) is 19.3 Å². The normalized spacial score (nSPS) is 18.7. The molecule has 0 saturated carbocycles. The fourth-order valence-corrected chi connectivity index (χ4v) is 8.69. The SMILES string of the molecule is CC/C=C\C/C=C\C/C=C\C/C=C\C/C=C\CCCC(=O)OCC(COC1OC(C(=O)O)C(O)C(O)C1OC(=O)CCCCCCC/C=C\CCCCCCCC)OC(=O)CCCCCCCCCCCCCCC. The van der Waals surface area contributed by atoms with Crippen molar-refractivity contribution in [3.8, 4) is 0 Å². The quantitative estimate of drug-likeness (QED) is 0.0228. The number of aliphatic carboxylic acids is 1. The molecule has 1 fully saturated rings. The Morgan fingerprint density at radius 2 is 0.853 bits per heavy atom. The average molecular weight is 1060 g/mol. The monoisotopic (exact) mass is 1050 g/mol. The van der Waals surface area contributed by atoms with Gasteiger partial charge in [0.15, 0.2) is 24.6 Å². The molecule has 0 aromatic rings. The number of carbonyl (C=O) groups excluding carboxylic acids is 3. The summed E-state index contributed by atoms with van der Waals surface area (Å²) in [5, 5.41) is 31.5.